The van der Waals surface area contributed by atoms with Gasteiger partial charge in [0.1, 0.15) is 6.17 Å². The van der Waals surface area contributed by atoms with Gasteiger partial charge in [-0.3, -0.25) is 10.1 Å². The van der Waals surface area contributed by atoms with Gasteiger partial charge in [0.2, 0.25) is 5.91 Å². The first-order valence-corrected chi connectivity index (χ1v) is 7.73. The molecule has 108 valence electrons. The van der Waals surface area contributed by atoms with Gasteiger partial charge in [0.15, 0.2) is 0 Å². The van der Waals surface area contributed by atoms with Crippen molar-refractivity contribution in [2.45, 2.75) is 64.7 Å². The Bertz CT molecular complexity index is 520. The Morgan fingerprint density at radius 2 is 1.90 bits per heavy atom. The predicted molar refractivity (Wildman–Crippen MR) is 80.4 cm³/mol. The summed E-state index contributed by atoms with van der Waals surface area (Å²) in [4.78, 5) is 14.6. The highest BCUT2D eigenvalue weighted by atomic mass is 16.2. The molecule has 2 fully saturated rings. The summed E-state index contributed by atoms with van der Waals surface area (Å²) in [5.41, 5.74) is 3.80. The van der Waals surface area contributed by atoms with E-state index in [0.29, 0.717) is 6.04 Å². The second-order valence-electron chi connectivity index (χ2n) is 6.33. The number of hydrogen-bond donors (Lipinski definition) is 1. The highest BCUT2D eigenvalue weighted by molar-refractivity contribution is 5.84. The van der Waals surface area contributed by atoms with E-state index in [2.05, 4.69) is 42.3 Å². The molecular formula is C17H24N2O. The van der Waals surface area contributed by atoms with Crippen molar-refractivity contribution in [3.05, 3.63) is 34.9 Å². The van der Waals surface area contributed by atoms with Crippen molar-refractivity contribution in [2.24, 2.45) is 0 Å². The van der Waals surface area contributed by atoms with Crippen LogP contribution in [0.15, 0.2) is 18.2 Å². The molecule has 1 saturated heterocycles. The van der Waals surface area contributed by atoms with E-state index < -0.39 is 0 Å². The average Bonchev–Trinajstić information content (AvgIpc) is 2.99. The fourth-order valence-corrected chi connectivity index (χ4v) is 3.68. The molecule has 1 saturated carbocycles. The smallest absolute Gasteiger partial charge is 0.241 e. The average molecular weight is 272 g/mol. The second-order valence-corrected chi connectivity index (χ2v) is 6.33. The highest BCUT2D eigenvalue weighted by Gasteiger charge is 2.42. The van der Waals surface area contributed by atoms with Crippen molar-refractivity contribution in [1.29, 1.82) is 0 Å². The van der Waals surface area contributed by atoms with Crippen molar-refractivity contribution in [3.63, 3.8) is 0 Å². The Morgan fingerprint density at radius 1 is 1.20 bits per heavy atom. The van der Waals surface area contributed by atoms with Gasteiger partial charge >= 0.3 is 0 Å². The SMILES string of the molecule is Cc1ccc(C2NC(C)C(=O)N2C2CCCC2)c(C)c1. The van der Waals surface area contributed by atoms with Crippen molar-refractivity contribution in [2.75, 3.05) is 0 Å². The Labute approximate surface area is 121 Å². The lowest BCUT2D eigenvalue weighted by Crippen LogP contribution is -2.38. The number of carbonyl (C=O) groups is 1. The Balaban J connectivity index is 1.95. The van der Waals surface area contributed by atoms with Crippen molar-refractivity contribution >= 4 is 5.91 Å². The first kappa shape index (κ1) is 13.6. The Morgan fingerprint density at radius 3 is 2.55 bits per heavy atom. The molecule has 0 spiro atoms. The number of nitrogens with one attached hydrogen (secondary N) is 1. The maximum absolute atomic E-state index is 12.5. The summed E-state index contributed by atoms with van der Waals surface area (Å²) in [6, 6.07) is 6.88. The van der Waals surface area contributed by atoms with Gasteiger partial charge in [0.25, 0.3) is 0 Å². The predicted octanol–water partition coefficient (Wildman–Crippen LogP) is 3.06. The largest absolute Gasteiger partial charge is 0.319 e. The molecule has 1 aromatic rings. The summed E-state index contributed by atoms with van der Waals surface area (Å²) < 4.78 is 0. The van der Waals surface area contributed by atoms with E-state index in [4.69, 9.17) is 0 Å². The zero-order chi connectivity index (χ0) is 14.3. The minimum Gasteiger partial charge on any atom is -0.319 e. The molecule has 2 aliphatic rings. The minimum atomic E-state index is -0.0682. The molecule has 3 nitrogen and oxygen atoms in total. The molecule has 1 aliphatic carbocycles. The van der Waals surface area contributed by atoms with Crippen LogP contribution in [-0.2, 0) is 4.79 Å². The number of carbonyl (C=O) groups excluding carboxylic acids is 1. The molecule has 2 atom stereocenters. The lowest BCUT2D eigenvalue weighted by Gasteiger charge is -2.31. The molecule has 1 aliphatic heterocycles. The third kappa shape index (κ3) is 2.24. The standard InChI is InChI=1S/C17H24N2O/c1-11-8-9-15(12(2)10-11)16-18-13(3)17(20)19(16)14-6-4-5-7-14/h8-10,13-14,16,18H,4-7H2,1-3H3. The molecule has 1 heterocycles. The summed E-state index contributed by atoms with van der Waals surface area (Å²) in [5, 5.41) is 3.48. The molecule has 2 unspecified atom stereocenters. The number of aryl methyl sites for hydroxylation is 2. The van der Waals surface area contributed by atoms with Crippen LogP contribution < -0.4 is 5.32 Å². The van der Waals surface area contributed by atoms with Crippen LogP contribution in [0.1, 0.15) is 55.5 Å². The zero-order valence-electron chi connectivity index (χ0n) is 12.6. The first-order valence-electron chi connectivity index (χ1n) is 7.73. The maximum atomic E-state index is 12.5. The molecule has 1 amide bonds. The lowest BCUT2D eigenvalue weighted by molar-refractivity contribution is -0.132. The van der Waals surface area contributed by atoms with Crippen LogP contribution in [0.4, 0.5) is 0 Å². The number of hydrogen-bond acceptors (Lipinski definition) is 2. The van der Waals surface area contributed by atoms with Crippen molar-refractivity contribution in [3.8, 4) is 0 Å². The van der Waals surface area contributed by atoms with Crippen LogP contribution in [0, 0.1) is 13.8 Å². The maximum Gasteiger partial charge on any atom is 0.241 e. The van der Waals surface area contributed by atoms with Crippen LogP contribution in [0.5, 0.6) is 0 Å². The fraction of sp³-hybridized carbons (Fsp3) is 0.588. The molecule has 0 radical (unpaired) electrons. The van der Waals surface area contributed by atoms with E-state index >= 15 is 0 Å². The topological polar surface area (TPSA) is 32.3 Å². The summed E-state index contributed by atoms with van der Waals surface area (Å²) in [5.74, 6) is 0.266. The molecule has 0 bridgehead atoms. The van der Waals surface area contributed by atoms with Gasteiger partial charge in [0.05, 0.1) is 6.04 Å². The van der Waals surface area contributed by atoms with Crippen LogP contribution in [0.2, 0.25) is 0 Å². The number of rotatable bonds is 2. The third-order valence-corrected chi connectivity index (χ3v) is 4.75. The summed E-state index contributed by atoms with van der Waals surface area (Å²) in [7, 11) is 0. The molecule has 3 heteroatoms. The van der Waals surface area contributed by atoms with Gasteiger partial charge in [-0.1, -0.05) is 36.6 Å². The zero-order valence-corrected chi connectivity index (χ0v) is 12.6. The summed E-state index contributed by atoms with van der Waals surface area (Å²) >= 11 is 0. The van der Waals surface area contributed by atoms with Gasteiger partial charge in [-0.05, 0) is 44.7 Å². The molecule has 3 rings (SSSR count). The van der Waals surface area contributed by atoms with E-state index in [-0.39, 0.29) is 18.1 Å². The van der Waals surface area contributed by atoms with Crippen LogP contribution in [0.25, 0.3) is 0 Å². The van der Waals surface area contributed by atoms with Crippen LogP contribution in [0.3, 0.4) is 0 Å². The third-order valence-electron chi connectivity index (χ3n) is 4.75. The van der Waals surface area contributed by atoms with Gasteiger partial charge in [0, 0.05) is 6.04 Å². The van der Waals surface area contributed by atoms with Crippen LogP contribution >= 0.6 is 0 Å². The molecular weight excluding hydrogens is 248 g/mol. The summed E-state index contributed by atoms with van der Waals surface area (Å²) in [6.45, 7) is 6.24. The Hall–Kier alpha value is -1.35. The van der Waals surface area contributed by atoms with Gasteiger partial charge in [-0.15, -0.1) is 0 Å². The van der Waals surface area contributed by atoms with Crippen molar-refractivity contribution < 1.29 is 4.79 Å². The lowest BCUT2D eigenvalue weighted by atomic mass is 10.0. The molecule has 0 aromatic heterocycles. The normalized spacial score (nSPS) is 27.6. The second kappa shape index (κ2) is 5.21. The molecule has 1 N–H and O–H groups in total. The van der Waals surface area contributed by atoms with Crippen LogP contribution in [-0.4, -0.2) is 22.9 Å². The quantitative estimate of drug-likeness (QED) is 0.897. The monoisotopic (exact) mass is 272 g/mol. The van der Waals surface area contributed by atoms with E-state index in [9.17, 15) is 4.79 Å². The molecule has 20 heavy (non-hydrogen) atoms. The van der Waals surface area contributed by atoms with E-state index in [1.807, 2.05) is 6.92 Å². The van der Waals surface area contributed by atoms with Gasteiger partial charge in [-0.25, -0.2) is 0 Å². The number of benzene rings is 1. The minimum absolute atomic E-state index is 0.0567. The Kier molecular flexibility index (Phi) is 3.55. The van der Waals surface area contributed by atoms with E-state index in [1.54, 1.807) is 0 Å². The van der Waals surface area contributed by atoms with Crippen molar-refractivity contribution in [1.82, 2.24) is 10.2 Å². The van der Waals surface area contributed by atoms with E-state index in [0.717, 1.165) is 12.8 Å². The van der Waals surface area contributed by atoms with Gasteiger partial charge in [-0.2, -0.15) is 0 Å². The highest BCUT2D eigenvalue weighted by Crippen LogP contribution is 2.35. The first-order chi connectivity index (χ1) is 9.58. The molecule has 1 aromatic carbocycles. The number of amides is 1. The fourth-order valence-electron chi connectivity index (χ4n) is 3.68. The summed E-state index contributed by atoms with van der Waals surface area (Å²) in [6.07, 6.45) is 4.87. The number of nitrogens with zero attached hydrogens (tertiary/aromatic N) is 1. The van der Waals surface area contributed by atoms with E-state index in [1.165, 1.54) is 29.5 Å². The van der Waals surface area contributed by atoms with Gasteiger partial charge < -0.3 is 4.90 Å².